The van der Waals surface area contributed by atoms with E-state index in [-0.39, 0.29) is 12.1 Å². The first-order chi connectivity index (χ1) is 7.79. The molecule has 0 radical (unpaired) electrons. The van der Waals surface area contributed by atoms with Crippen LogP contribution in [0.3, 0.4) is 0 Å². The van der Waals surface area contributed by atoms with E-state index in [1.807, 2.05) is 13.0 Å². The zero-order valence-corrected chi connectivity index (χ0v) is 9.69. The Labute approximate surface area is 96.2 Å². The van der Waals surface area contributed by atoms with E-state index in [1.165, 1.54) is 19.3 Å². The second kappa shape index (κ2) is 4.84. The van der Waals surface area contributed by atoms with E-state index in [4.69, 9.17) is 10.00 Å². The summed E-state index contributed by atoms with van der Waals surface area (Å²) in [5.74, 6) is -0.602. The van der Waals surface area contributed by atoms with Crippen LogP contribution in [0.2, 0.25) is 0 Å². The molecule has 2 atom stereocenters. The summed E-state index contributed by atoms with van der Waals surface area (Å²) in [5.41, 5.74) is 0. The molecule has 4 heteroatoms. The van der Waals surface area contributed by atoms with Gasteiger partial charge in [-0.1, -0.05) is 19.3 Å². The van der Waals surface area contributed by atoms with Crippen molar-refractivity contribution in [2.45, 2.75) is 51.3 Å². The molecule has 1 saturated heterocycles. The molecule has 16 heavy (non-hydrogen) atoms. The van der Waals surface area contributed by atoms with E-state index in [1.54, 1.807) is 4.90 Å². The average molecular weight is 222 g/mol. The van der Waals surface area contributed by atoms with Crippen LogP contribution in [-0.4, -0.2) is 29.7 Å². The first kappa shape index (κ1) is 11.4. The molecule has 2 rings (SSSR count). The van der Waals surface area contributed by atoms with E-state index in [0.717, 1.165) is 12.8 Å². The van der Waals surface area contributed by atoms with Gasteiger partial charge in [0.1, 0.15) is 0 Å². The summed E-state index contributed by atoms with van der Waals surface area (Å²) in [6.07, 6.45) is 5.47. The monoisotopic (exact) mass is 222 g/mol. The molecule has 0 aromatic carbocycles. The SMILES string of the molecule is CCO[C@@H]1[C@H](C#N)C(=O)N1C1CCCCC1. The molecule has 0 bridgehead atoms. The number of β-lactam (4-membered cyclic amide) rings is 1. The highest BCUT2D eigenvalue weighted by Crippen LogP contribution is 2.34. The maximum atomic E-state index is 11.8. The van der Waals surface area contributed by atoms with Crippen molar-refractivity contribution in [1.82, 2.24) is 4.90 Å². The topological polar surface area (TPSA) is 53.3 Å². The third-order valence-corrected chi connectivity index (χ3v) is 3.52. The van der Waals surface area contributed by atoms with Gasteiger partial charge in [-0.3, -0.25) is 4.79 Å². The fourth-order valence-corrected chi connectivity index (χ4v) is 2.70. The number of amides is 1. The first-order valence-corrected chi connectivity index (χ1v) is 6.13. The number of ether oxygens (including phenoxy) is 1. The Morgan fingerprint density at radius 2 is 2.12 bits per heavy atom. The van der Waals surface area contributed by atoms with Gasteiger partial charge in [0.15, 0.2) is 12.1 Å². The van der Waals surface area contributed by atoms with Crippen LogP contribution in [0.25, 0.3) is 0 Å². The molecule has 0 unspecified atom stereocenters. The van der Waals surface area contributed by atoms with Crippen molar-refractivity contribution in [3.8, 4) is 6.07 Å². The van der Waals surface area contributed by atoms with Gasteiger partial charge in [-0.05, 0) is 19.8 Å². The summed E-state index contributed by atoms with van der Waals surface area (Å²) >= 11 is 0. The molecule has 0 aromatic rings. The summed E-state index contributed by atoms with van der Waals surface area (Å²) in [4.78, 5) is 13.6. The smallest absolute Gasteiger partial charge is 0.246 e. The molecule has 2 fully saturated rings. The van der Waals surface area contributed by atoms with Crippen LogP contribution in [0.15, 0.2) is 0 Å². The Kier molecular flexibility index (Phi) is 3.45. The predicted molar refractivity (Wildman–Crippen MR) is 58.2 cm³/mol. The van der Waals surface area contributed by atoms with Gasteiger partial charge in [-0.15, -0.1) is 0 Å². The summed E-state index contributed by atoms with van der Waals surface area (Å²) in [6, 6.07) is 2.35. The minimum atomic E-state index is -0.568. The standard InChI is InChI=1S/C12H18N2O2/c1-2-16-12-10(8-13)11(15)14(12)9-6-4-3-5-7-9/h9-10,12H,2-7H2,1H3/t10-,12-/m1/s1. The third kappa shape index (κ3) is 1.80. The van der Waals surface area contributed by atoms with Crippen molar-refractivity contribution in [3.05, 3.63) is 0 Å². The Morgan fingerprint density at radius 3 is 2.69 bits per heavy atom. The fraction of sp³-hybridized carbons (Fsp3) is 0.833. The zero-order chi connectivity index (χ0) is 11.5. The normalized spacial score (nSPS) is 31.0. The second-order valence-corrected chi connectivity index (χ2v) is 4.49. The summed E-state index contributed by atoms with van der Waals surface area (Å²) in [5, 5.41) is 8.89. The average Bonchev–Trinajstić information content (AvgIpc) is 2.31. The van der Waals surface area contributed by atoms with Gasteiger partial charge in [0.2, 0.25) is 5.91 Å². The lowest BCUT2D eigenvalue weighted by atomic mass is 9.87. The van der Waals surface area contributed by atoms with Crippen LogP contribution in [0.5, 0.6) is 0 Å². The minimum absolute atomic E-state index is 0.0344. The van der Waals surface area contributed by atoms with E-state index in [0.29, 0.717) is 12.6 Å². The lowest BCUT2D eigenvalue weighted by Gasteiger charge is -2.48. The number of carbonyl (C=O) groups is 1. The molecule has 0 N–H and O–H groups in total. The Bertz CT molecular complexity index is 305. The number of hydrogen-bond acceptors (Lipinski definition) is 3. The molecule has 1 amide bonds. The van der Waals surface area contributed by atoms with E-state index in [9.17, 15) is 4.79 Å². The molecule has 0 spiro atoms. The first-order valence-electron chi connectivity index (χ1n) is 6.13. The highest BCUT2D eigenvalue weighted by atomic mass is 16.5. The predicted octanol–water partition coefficient (Wildman–Crippen LogP) is 1.66. The van der Waals surface area contributed by atoms with Gasteiger partial charge in [0, 0.05) is 12.6 Å². The largest absolute Gasteiger partial charge is 0.357 e. The molecule has 88 valence electrons. The van der Waals surface area contributed by atoms with E-state index >= 15 is 0 Å². The van der Waals surface area contributed by atoms with Crippen molar-refractivity contribution in [1.29, 1.82) is 5.26 Å². The van der Waals surface area contributed by atoms with E-state index < -0.39 is 5.92 Å². The van der Waals surface area contributed by atoms with Crippen LogP contribution in [0.1, 0.15) is 39.0 Å². The Balaban J connectivity index is 2.02. The van der Waals surface area contributed by atoms with Gasteiger partial charge in [-0.2, -0.15) is 5.26 Å². The van der Waals surface area contributed by atoms with Gasteiger partial charge in [-0.25, -0.2) is 0 Å². The minimum Gasteiger partial charge on any atom is -0.357 e. The third-order valence-electron chi connectivity index (χ3n) is 3.52. The number of rotatable bonds is 3. The van der Waals surface area contributed by atoms with Crippen molar-refractivity contribution in [3.63, 3.8) is 0 Å². The van der Waals surface area contributed by atoms with Crippen molar-refractivity contribution >= 4 is 5.91 Å². The summed E-state index contributed by atoms with van der Waals surface area (Å²) in [6.45, 7) is 2.45. The number of nitriles is 1. The molecule has 1 aliphatic heterocycles. The number of hydrogen-bond donors (Lipinski definition) is 0. The molecule has 4 nitrogen and oxygen atoms in total. The highest BCUT2D eigenvalue weighted by Gasteiger charge is 2.51. The quantitative estimate of drug-likeness (QED) is 0.682. The van der Waals surface area contributed by atoms with Crippen LogP contribution in [0, 0.1) is 17.2 Å². The maximum absolute atomic E-state index is 11.8. The number of carbonyl (C=O) groups excluding carboxylic acids is 1. The van der Waals surface area contributed by atoms with Crippen molar-refractivity contribution < 1.29 is 9.53 Å². The van der Waals surface area contributed by atoms with Gasteiger partial charge in [0.25, 0.3) is 0 Å². The molecular weight excluding hydrogens is 204 g/mol. The maximum Gasteiger partial charge on any atom is 0.246 e. The molecule has 1 heterocycles. The lowest BCUT2D eigenvalue weighted by molar-refractivity contribution is -0.194. The highest BCUT2D eigenvalue weighted by molar-refractivity contribution is 5.88. The second-order valence-electron chi connectivity index (χ2n) is 4.49. The number of likely N-dealkylation sites (tertiary alicyclic amines) is 1. The number of nitrogens with zero attached hydrogens (tertiary/aromatic N) is 2. The lowest BCUT2D eigenvalue weighted by Crippen LogP contribution is -2.65. The van der Waals surface area contributed by atoms with Crippen molar-refractivity contribution in [2.75, 3.05) is 6.61 Å². The van der Waals surface area contributed by atoms with Crippen LogP contribution >= 0.6 is 0 Å². The fourth-order valence-electron chi connectivity index (χ4n) is 2.70. The Morgan fingerprint density at radius 1 is 1.44 bits per heavy atom. The van der Waals surface area contributed by atoms with Gasteiger partial charge in [0.05, 0.1) is 6.07 Å². The summed E-state index contributed by atoms with van der Waals surface area (Å²) in [7, 11) is 0. The molecule has 1 saturated carbocycles. The summed E-state index contributed by atoms with van der Waals surface area (Å²) < 4.78 is 5.50. The molecule has 1 aliphatic carbocycles. The zero-order valence-electron chi connectivity index (χ0n) is 9.69. The molecule has 2 aliphatic rings. The Hall–Kier alpha value is -1.08. The molecular formula is C12H18N2O2. The van der Waals surface area contributed by atoms with Gasteiger partial charge < -0.3 is 9.64 Å². The molecule has 0 aromatic heterocycles. The van der Waals surface area contributed by atoms with Crippen LogP contribution in [-0.2, 0) is 9.53 Å². The van der Waals surface area contributed by atoms with Crippen molar-refractivity contribution in [2.24, 2.45) is 5.92 Å². The van der Waals surface area contributed by atoms with E-state index in [2.05, 4.69) is 0 Å². The van der Waals surface area contributed by atoms with Gasteiger partial charge >= 0.3 is 0 Å². The van der Waals surface area contributed by atoms with Crippen LogP contribution in [0.4, 0.5) is 0 Å². The van der Waals surface area contributed by atoms with Crippen LogP contribution < -0.4 is 0 Å².